The molecular weight excluding hydrogens is 358 g/mol. The van der Waals surface area contributed by atoms with Gasteiger partial charge in [-0.15, -0.1) is 5.10 Å². The van der Waals surface area contributed by atoms with Crippen LogP contribution in [0, 0.1) is 0 Å². The molecule has 1 saturated heterocycles. The average molecular weight is 383 g/mol. The second kappa shape index (κ2) is 6.20. The lowest BCUT2D eigenvalue weighted by molar-refractivity contribution is 0.198. The molecule has 0 unspecified atom stereocenters. The average Bonchev–Trinajstić information content (AvgIpc) is 3.03. The van der Waals surface area contributed by atoms with Gasteiger partial charge >= 0.3 is 0 Å². The van der Waals surface area contributed by atoms with Gasteiger partial charge < -0.3 is 10.0 Å². The first-order chi connectivity index (χ1) is 13.4. The van der Waals surface area contributed by atoms with E-state index in [9.17, 15) is 5.11 Å². The van der Waals surface area contributed by atoms with Crippen molar-refractivity contribution in [2.45, 2.75) is 64.1 Å². The summed E-state index contributed by atoms with van der Waals surface area (Å²) in [6.45, 7) is 8.14. The third kappa shape index (κ3) is 3.01. The first-order valence-corrected chi connectivity index (χ1v) is 9.84. The maximum absolute atomic E-state index is 10.00. The van der Waals surface area contributed by atoms with Gasteiger partial charge in [-0.25, -0.2) is 19.3 Å². The Bertz CT molecular complexity index is 1010. The number of hydrogen-bond donors (Lipinski definition) is 1. The molecule has 0 spiro atoms. The van der Waals surface area contributed by atoms with Crippen LogP contribution < -0.4 is 4.90 Å². The summed E-state index contributed by atoms with van der Waals surface area (Å²) in [5.74, 6) is 2.40. The van der Waals surface area contributed by atoms with Crippen LogP contribution in [0.25, 0.3) is 11.0 Å². The molecule has 0 amide bonds. The van der Waals surface area contributed by atoms with Gasteiger partial charge in [-0.05, 0) is 29.7 Å². The van der Waals surface area contributed by atoms with Crippen LogP contribution in [0.4, 0.5) is 5.82 Å². The largest absolute Gasteiger partial charge is 0.391 e. The van der Waals surface area contributed by atoms with Crippen molar-refractivity contribution in [3.63, 3.8) is 0 Å². The normalized spacial score (nSPS) is 20.4. The Kier molecular flexibility index (Phi) is 3.87. The molecule has 10 nitrogen and oxygen atoms in total. The lowest BCUT2D eigenvalue weighted by atomic mass is 9.95. The van der Waals surface area contributed by atoms with E-state index >= 15 is 0 Å². The Morgan fingerprint density at radius 3 is 2.68 bits per heavy atom. The minimum Gasteiger partial charge on any atom is -0.391 e. The first-order valence-electron chi connectivity index (χ1n) is 9.84. The van der Waals surface area contributed by atoms with E-state index in [1.54, 1.807) is 0 Å². The molecule has 2 fully saturated rings. The van der Waals surface area contributed by atoms with Crippen LogP contribution in [0.1, 0.15) is 57.7 Å². The van der Waals surface area contributed by atoms with Crippen LogP contribution in [-0.2, 0) is 12.0 Å². The number of hydrogen-bond acceptors (Lipinski definition) is 8. The molecule has 0 bridgehead atoms. The number of nitrogens with zero attached hydrogens (tertiary/aromatic N) is 9. The van der Waals surface area contributed by atoms with Gasteiger partial charge in [0.05, 0.1) is 23.7 Å². The van der Waals surface area contributed by atoms with Gasteiger partial charge in [0.15, 0.2) is 11.5 Å². The lowest BCUT2D eigenvalue weighted by Crippen LogP contribution is -2.25. The number of anilines is 1. The highest BCUT2D eigenvalue weighted by molar-refractivity contribution is 5.87. The SMILES string of the molecule is CC(C)(C)c1nc(N2CC[C@H](O)C2)c2cnn(Cc3nnnn3C3CC3)c2n1. The highest BCUT2D eigenvalue weighted by atomic mass is 16.3. The smallest absolute Gasteiger partial charge is 0.173 e. The Morgan fingerprint density at radius 2 is 2.00 bits per heavy atom. The summed E-state index contributed by atoms with van der Waals surface area (Å²) in [4.78, 5) is 11.8. The van der Waals surface area contributed by atoms with E-state index in [1.807, 2.05) is 15.6 Å². The summed E-state index contributed by atoms with van der Waals surface area (Å²) in [6.07, 6.45) is 4.49. The van der Waals surface area contributed by atoms with Crippen LogP contribution in [0.5, 0.6) is 0 Å². The highest BCUT2D eigenvalue weighted by Gasteiger charge is 2.30. The molecule has 0 radical (unpaired) electrons. The number of tetrazole rings is 1. The van der Waals surface area contributed by atoms with Gasteiger partial charge in [0, 0.05) is 18.5 Å². The van der Waals surface area contributed by atoms with Crippen molar-refractivity contribution in [2.24, 2.45) is 0 Å². The highest BCUT2D eigenvalue weighted by Crippen LogP contribution is 2.35. The zero-order valence-electron chi connectivity index (χ0n) is 16.4. The van der Waals surface area contributed by atoms with Crippen molar-refractivity contribution in [1.29, 1.82) is 0 Å². The number of aliphatic hydroxyl groups is 1. The topological polar surface area (TPSA) is 111 Å². The fraction of sp³-hybridized carbons (Fsp3) is 0.667. The molecule has 1 aliphatic carbocycles. The molecule has 0 aromatic carbocycles. The number of aromatic nitrogens is 8. The number of aliphatic hydroxyl groups excluding tert-OH is 1. The predicted octanol–water partition coefficient (Wildman–Crippen LogP) is 1.06. The van der Waals surface area contributed by atoms with Gasteiger partial charge in [0.1, 0.15) is 18.2 Å². The van der Waals surface area contributed by atoms with Crippen LogP contribution in [0.3, 0.4) is 0 Å². The number of rotatable bonds is 4. The van der Waals surface area contributed by atoms with E-state index in [4.69, 9.17) is 9.97 Å². The second-order valence-corrected chi connectivity index (χ2v) is 8.82. The molecule has 1 saturated carbocycles. The Balaban J connectivity index is 1.60. The molecule has 1 N–H and O–H groups in total. The van der Waals surface area contributed by atoms with Gasteiger partial charge in [-0.2, -0.15) is 5.10 Å². The zero-order valence-corrected chi connectivity index (χ0v) is 16.4. The molecule has 4 heterocycles. The molecular formula is C18H25N9O. The summed E-state index contributed by atoms with van der Waals surface area (Å²) >= 11 is 0. The van der Waals surface area contributed by atoms with Crippen LogP contribution in [-0.4, -0.2) is 64.3 Å². The van der Waals surface area contributed by atoms with E-state index < -0.39 is 0 Å². The molecule has 1 atom stereocenters. The third-order valence-electron chi connectivity index (χ3n) is 5.35. The maximum Gasteiger partial charge on any atom is 0.173 e. The van der Waals surface area contributed by atoms with E-state index in [-0.39, 0.29) is 11.5 Å². The Hall–Kier alpha value is -2.62. The Labute approximate surface area is 162 Å². The fourth-order valence-electron chi connectivity index (χ4n) is 3.62. The van der Waals surface area contributed by atoms with Gasteiger partial charge in [0.2, 0.25) is 0 Å². The standard InChI is InChI=1S/C18H25N9O/c1-18(2,3)17-20-15(25-7-6-12(28)9-25)13-8-19-26(16(13)21-17)10-14-22-23-24-27(14)11-4-5-11/h8,11-12,28H,4-7,9-10H2,1-3H3/t12-/m0/s1. The number of β-amino-alcohol motifs (C(OH)–C–C–N with tert-alkyl or cyclic N) is 1. The molecule has 148 valence electrons. The van der Waals surface area contributed by atoms with Crippen LogP contribution in [0.2, 0.25) is 0 Å². The second-order valence-electron chi connectivity index (χ2n) is 8.82. The van der Waals surface area contributed by atoms with Crippen LogP contribution >= 0.6 is 0 Å². The summed E-state index contributed by atoms with van der Waals surface area (Å²) < 4.78 is 3.75. The van der Waals surface area contributed by atoms with Crippen molar-refractivity contribution in [3.8, 4) is 0 Å². The molecule has 3 aromatic rings. The van der Waals surface area contributed by atoms with Crippen molar-refractivity contribution in [2.75, 3.05) is 18.0 Å². The summed E-state index contributed by atoms with van der Waals surface area (Å²) in [7, 11) is 0. The number of fused-ring (bicyclic) bond motifs is 1. The van der Waals surface area contributed by atoms with Crippen molar-refractivity contribution in [3.05, 3.63) is 17.8 Å². The predicted molar refractivity (Wildman–Crippen MR) is 102 cm³/mol. The first kappa shape index (κ1) is 17.5. The third-order valence-corrected chi connectivity index (χ3v) is 5.35. The molecule has 3 aromatic heterocycles. The summed E-state index contributed by atoms with van der Waals surface area (Å²) in [5.41, 5.74) is 0.577. The molecule has 5 rings (SSSR count). The van der Waals surface area contributed by atoms with Gasteiger partial charge in [-0.1, -0.05) is 20.8 Å². The van der Waals surface area contributed by atoms with Gasteiger partial charge in [-0.3, -0.25) is 0 Å². The summed E-state index contributed by atoms with van der Waals surface area (Å²) in [6, 6.07) is 0.410. The van der Waals surface area contributed by atoms with Crippen molar-refractivity contribution < 1.29 is 5.11 Å². The van der Waals surface area contributed by atoms with Crippen LogP contribution in [0.15, 0.2) is 6.20 Å². The quantitative estimate of drug-likeness (QED) is 0.712. The van der Waals surface area contributed by atoms with Crippen molar-refractivity contribution in [1.82, 2.24) is 40.0 Å². The minimum atomic E-state index is -0.318. The van der Waals surface area contributed by atoms with Crippen molar-refractivity contribution >= 4 is 16.9 Å². The van der Waals surface area contributed by atoms with E-state index in [0.29, 0.717) is 19.1 Å². The minimum absolute atomic E-state index is 0.202. The molecule has 28 heavy (non-hydrogen) atoms. The monoisotopic (exact) mass is 383 g/mol. The van der Waals surface area contributed by atoms with E-state index in [1.165, 1.54) is 0 Å². The van der Waals surface area contributed by atoms with E-state index in [0.717, 1.165) is 54.3 Å². The molecule has 10 heteroatoms. The van der Waals surface area contributed by atoms with E-state index in [2.05, 4.69) is 46.3 Å². The fourth-order valence-corrected chi connectivity index (χ4v) is 3.62. The lowest BCUT2D eigenvalue weighted by Gasteiger charge is -2.22. The maximum atomic E-state index is 10.00. The van der Waals surface area contributed by atoms with Gasteiger partial charge in [0.25, 0.3) is 0 Å². The Morgan fingerprint density at radius 1 is 1.18 bits per heavy atom. The molecule has 2 aliphatic rings. The summed E-state index contributed by atoms with van der Waals surface area (Å²) in [5, 5.41) is 27.6. The molecule has 1 aliphatic heterocycles. The zero-order chi connectivity index (χ0) is 19.5.